The average molecular weight is 267 g/mol. The van der Waals surface area contributed by atoms with Crippen molar-refractivity contribution in [1.82, 2.24) is 0 Å². The number of nitrogens with two attached hydrogens (primary N) is 1. The number of benzene rings is 1. The maximum absolute atomic E-state index is 11.8. The molecule has 0 radical (unpaired) electrons. The van der Waals surface area contributed by atoms with Crippen molar-refractivity contribution < 1.29 is 11.6 Å². The van der Waals surface area contributed by atoms with E-state index in [1.807, 2.05) is 0 Å². The Kier molecular flexibility index (Phi) is 1.68. The van der Waals surface area contributed by atoms with Crippen molar-refractivity contribution >= 4 is 23.1 Å². The highest BCUT2D eigenvalue weighted by atomic mass is 35.5. The van der Waals surface area contributed by atoms with Gasteiger partial charge in [0.25, 0.3) is 0 Å². The summed E-state index contributed by atoms with van der Waals surface area (Å²) in [6.07, 6.45) is -4.29. The number of hydrogen-bond donors (Lipinski definition) is 1. The van der Waals surface area contributed by atoms with Gasteiger partial charge in [-0.15, -0.1) is 0 Å². The molecule has 0 fully saturated rings. The van der Waals surface area contributed by atoms with E-state index >= 15 is 0 Å². The summed E-state index contributed by atoms with van der Waals surface area (Å²) in [4.78, 5) is 11.8. The fraction of sp³-hybridized carbons (Fsp3) is 0.400. The van der Waals surface area contributed by atoms with Gasteiger partial charge in [0.15, 0.2) is 0 Å². The van der Waals surface area contributed by atoms with Gasteiger partial charge in [-0.3, -0.25) is 4.79 Å². The fourth-order valence-electron chi connectivity index (χ4n) is 2.59. The molecule has 0 heterocycles. The summed E-state index contributed by atoms with van der Waals surface area (Å²) < 4.78 is 41.0. The summed E-state index contributed by atoms with van der Waals surface area (Å²) in [5.41, 5.74) is 7.78. The first-order valence-corrected chi connectivity index (χ1v) is 6.17. The van der Waals surface area contributed by atoms with Crippen molar-refractivity contribution in [2.75, 3.05) is 0 Å². The van der Waals surface area contributed by atoms with E-state index in [-0.39, 0.29) is 23.1 Å². The van der Waals surface area contributed by atoms with Gasteiger partial charge in [0, 0.05) is 10.5 Å². The molecule has 1 unspecified atom stereocenters. The highest BCUT2D eigenvalue weighted by Gasteiger charge is 2.33. The lowest BCUT2D eigenvalue weighted by Crippen LogP contribution is -2.27. The van der Waals surface area contributed by atoms with Gasteiger partial charge in [-0.2, -0.15) is 0 Å². The number of carbonyl (C=O) groups excluding carboxylic acids is 1. The zero-order valence-electron chi connectivity index (χ0n) is 14.9. The lowest BCUT2D eigenvalue weighted by Gasteiger charge is -2.22. The molecule has 2 N–H and O–H groups in total. The minimum absolute atomic E-state index is 0.0289. The third-order valence-electron chi connectivity index (χ3n) is 3.45. The summed E-state index contributed by atoms with van der Waals surface area (Å²) in [7, 11) is 0. The fourth-order valence-corrected chi connectivity index (χ4v) is 2.74. The van der Waals surface area contributed by atoms with Crippen LogP contribution in [0.4, 0.5) is 0 Å². The Morgan fingerprint density at radius 3 is 3.17 bits per heavy atom. The van der Waals surface area contributed by atoms with Crippen LogP contribution in [0, 0.1) is 12.8 Å². The van der Waals surface area contributed by atoms with E-state index in [1.165, 1.54) is 0 Å². The monoisotopic (exact) mass is 266 g/mol. The average Bonchev–Trinajstić information content (AvgIpc) is 2.72. The lowest BCUT2D eigenvalue weighted by molar-refractivity contribution is -0.121. The molecule has 2 aliphatic carbocycles. The van der Waals surface area contributed by atoms with Crippen molar-refractivity contribution in [3.63, 3.8) is 0 Å². The number of primary amides is 1. The van der Waals surface area contributed by atoms with Gasteiger partial charge < -0.3 is 5.73 Å². The SMILES string of the molecule is [2H]c1c(Cl)c(C)cc2c1C1=C(C2)C(C(N)=O)C([2H])([2H])CC1([2H])[2H]. The molecule has 94 valence electrons. The minimum atomic E-state index is -2.06. The van der Waals surface area contributed by atoms with Crippen LogP contribution >= 0.6 is 11.6 Å². The molecule has 2 aliphatic rings. The first-order chi connectivity index (χ1) is 10.5. The summed E-state index contributed by atoms with van der Waals surface area (Å²) in [5.74, 6) is -1.99. The second kappa shape index (κ2) is 4.13. The Balaban J connectivity index is 2.32. The van der Waals surface area contributed by atoms with Gasteiger partial charge in [0.1, 0.15) is 0 Å². The van der Waals surface area contributed by atoms with Crippen LogP contribution in [0.5, 0.6) is 0 Å². The minimum Gasteiger partial charge on any atom is -0.369 e. The van der Waals surface area contributed by atoms with Crippen LogP contribution in [0.3, 0.4) is 0 Å². The summed E-state index contributed by atoms with van der Waals surface area (Å²) in [5, 5.41) is 0.248. The maximum Gasteiger partial charge on any atom is 0.224 e. The molecule has 0 spiro atoms. The second-order valence-electron chi connectivity index (χ2n) is 4.64. The Bertz CT molecular complexity index is 772. The number of allylic oxidation sites excluding steroid dienone is 1. The highest BCUT2D eigenvalue weighted by Crippen LogP contribution is 2.45. The quantitative estimate of drug-likeness (QED) is 0.833. The normalized spacial score (nSPS) is 31.4. The van der Waals surface area contributed by atoms with E-state index in [1.54, 1.807) is 13.0 Å². The molecule has 0 aliphatic heterocycles. The Labute approximate surface area is 119 Å². The molecule has 0 aromatic heterocycles. The zero-order valence-corrected chi connectivity index (χ0v) is 10.7. The Hall–Kier alpha value is -1.28. The van der Waals surface area contributed by atoms with E-state index in [4.69, 9.17) is 24.2 Å². The first kappa shape index (κ1) is 7.34. The molecular formula is C15H16ClNO. The third-order valence-corrected chi connectivity index (χ3v) is 3.84. The van der Waals surface area contributed by atoms with Gasteiger partial charge in [0.2, 0.25) is 5.91 Å². The van der Waals surface area contributed by atoms with Gasteiger partial charge in [-0.1, -0.05) is 17.7 Å². The molecule has 1 aromatic carbocycles. The predicted octanol–water partition coefficient (Wildman–Crippen LogP) is 3.24. The summed E-state index contributed by atoms with van der Waals surface area (Å²) >= 11 is 6.14. The van der Waals surface area contributed by atoms with Crippen molar-refractivity contribution in [2.45, 2.75) is 32.5 Å². The van der Waals surface area contributed by atoms with Crippen LogP contribution in [-0.4, -0.2) is 5.91 Å². The molecule has 0 bridgehead atoms. The van der Waals surface area contributed by atoms with Crippen molar-refractivity contribution in [3.8, 4) is 0 Å². The number of halogens is 1. The standard InChI is InChI=1S/C15H16ClNO/c1-8-5-9-6-13-10(12(9)7-14(8)16)3-2-4-11(13)15(17)18/h5,7,11H,2-4,6H2,1H3,(H2,17,18)/i3D2,4D2,7D. The van der Waals surface area contributed by atoms with E-state index in [0.29, 0.717) is 22.3 Å². The van der Waals surface area contributed by atoms with E-state index in [0.717, 1.165) is 0 Å². The number of aryl methyl sites for hydroxylation is 1. The van der Waals surface area contributed by atoms with Crippen LogP contribution in [0.2, 0.25) is 5.02 Å². The predicted molar refractivity (Wildman–Crippen MR) is 73.3 cm³/mol. The van der Waals surface area contributed by atoms with Crippen molar-refractivity contribution in [3.05, 3.63) is 39.4 Å². The molecular weight excluding hydrogens is 246 g/mol. The zero-order chi connectivity index (χ0) is 17.3. The van der Waals surface area contributed by atoms with E-state index < -0.39 is 31.0 Å². The van der Waals surface area contributed by atoms with Crippen LogP contribution in [-0.2, 0) is 11.2 Å². The van der Waals surface area contributed by atoms with Gasteiger partial charge in [-0.05, 0) is 66.4 Å². The highest BCUT2D eigenvalue weighted by molar-refractivity contribution is 6.31. The molecule has 18 heavy (non-hydrogen) atoms. The molecule has 0 saturated heterocycles. The third kappa shape index (κ3) is 1.67. The van der Waals surface area contributed by atoms with E-state index in [9.17, 15) is 4.79 Å². The topological polar surface area (TPSA) is 43.1 Å². The van der Waals surface area contributed by atoms with Gasteiger partial charge >= 0.3 is 0 Å². The molecule has 1 aromatic rings. The number of amides is 1. The van der Waals surface area contributed by atoms with Gasteiger partial charge in [-0.25, -0.2) is 0 Å². The Morgan fingerprint density at radius 1 is 1.67 bits per heavy atom. The van der Waals surface area contributed by atoms with Crippen LogP contribution < -0.4 is 5.73 Å². The molecule has 1 atom stereocenters. The summed E-state index contributed by atoms with van der Waals surface area (Å²) in [6, 6.07) is 1.80. The molecule has 1 amide bonds. The number of carbonyl (C=O) groups is 1. The van der Waals surface area contributed by atoms with E-state index in [2.05, 4.69) is 0 Å². The Morgan fingerprint density at radius 2 is 2.44 bits per heavy atom. The lowest BCUT2D eigenvalue weighted by atomic mass is 9.82. The molecule has 3 heteroatoms. The van der Waals surface area contributed by atoms with Crippen LogP contribution in [0.25, 0.3) is 5.57 Å². The molecule has 2 nitrogen and oxygen atoms in total. The van der Waals surface area contributed by atoms with Crippen molar-refractivity contribution in [2.24, 2.45) is 11.7 Å². The smallest absolute Gasteiger partial charge is 0.224 e. The number of rotatable bonds is 1. The molecule has 0 saturated carbocycles. The number of hydrogen-bond acceptors (Lipinski definition) is 1. The second-order valence-corrected chi connectivity index (χ2v) is 5.01. The number of fused-ring (bicyclic) bond motifs is 2. The van der Waals surface area contributed by atoms with Crippen molar-refractivity contribution in [1.29, 1.82) is 0 Å². The van der Waals surface area contributed by atoms with Crippen LogP contribution in [0.1, 0.15) is 42.7 Å². The maximum atomic E-state index is 11.8. The molecule has 3 rings (SSSR count). The van der Waals surface area contributed by atoms with Gasteiger partial charge in [0.05, 0.1) is 7.29 Å². The largest absolute Gasteiger partial charge is 0.369 e. The van der Waals surface area contributed by atoms with Crippen LogP contribution in [0.15, 0.2) is 17.7 Å². The first-order valence-electron chi connectivity index (χ1n) is 8.29. The summed E-state index contributed by atoms with van der Waals surface area (Å²) in [6.45, 7) is 1.76.